The van der Waals surface area contributed by atoms with Gasteiger partial charge in [-0.3, -0.25) is 4.79 Å². The zero-order chi connectivity index (χ0) is 19.5. The molecule has 0 unspecified atom stereocenters. The number of nitrogens with one attached hydrogen (secondary N) is 1. The normalized spacial score (nSPS) is 11.1. The number of carbonyl (C=O) groups excluding carboxylic acids is 1. The van der Waals surface area contributed by atoms with Gasteiger partial charge in [0.05, 0.1) is 13.7 Å². The molecule has 8 heteroatoms. The van der Waals surface area contributed by atoms with E-state index in [1.807, 2.05) is 54.7 Å². The molecule has 0 aliphatic heterocycles. The van der Waals surface area contributed by atoms with E-state index >= 15 is 0 Å². The van der Waals surface area contributed by atoms with Gasteiger partial charge >= 0.3 is 0 Å². The molecule has 1 amide bonds. The summed E-state index contributed by atoms with van der Waals surface area (Å²) in [6.07, 6.45) is 1.97. The smallest absolute Gasteiger partial charge is 0.256 e. The van der Waals surface area contributed by atoms with Crippen LogP contribution in [0.2, 0.25) is 0 Å². The van der Waals surface area contributed by atoms with Crippen molar-refractivity contribution in [2.24, 2.45) is 7.05 Å². The van der Waals surface area contributed by atoms with Crippen molar-refractivity contribution in [2.45, 2.75) is 6.54 Å². The summed E-state index contributed by atoms with van der Waals surface area (Å²) in [4.78, 5) is 14.3. The minimum Gasteiger partial charge on any atom is -0.383 e. The second-order valence-electron chi connectivity index (χ2n) is 6.38. The van der Waals surface area contributed by atoms with Crippen LogP contribution in [0.5, 0.6) is 0 Å². The van der Waals surface area contributed by atoms with Crippen LogP contribution in [-0.4, -0.2) is 44.4 Å². The predicted octanol–water partition coefficient (Wildman–Crippen LogP) is 2.73. The SMILES string of the molecule is COCCn1ccc2c(C(=O)Nc3cccc(-c4nnn(C)n4)c3)cccc21. The number of anilines is 1. The summed E-state index contributed by atoms with van der Waals surface area (Å²) in [6.45, 7) is 1.35. The molecule has 8 nitrogen and oxygen atoms in total. The molecule has 0 radical (unpaired) electrons. The Morgan fingerprint density at radius 1 is 1.18 bits per heavy atom. The predicted molar refractivity (Wildman–Crippen MR) is 106 cm³/mol. The second kappa shape index (κ2) is 7.61. The molecular weight excluding hydrogens is 356 g/mol. The van der Waals surface area contributed by atoms with Gasteiger partial charge in [-0.15, -0.1) is 10.2 Å². The van der Waals surface area contributed by atoms with Crippen molar-refractivity contribution in [1.82, 2.24) is 24.8 Å². The lowest BCUT2D eigenvalue weighted by Crippen LogP contribution is -2.12. The summed E-state index contributed by atoms with van der Waals surface area (Å²) in [5.41, 5.74) is 3.08. The van der Waals surface area contributed by atoms with Crippen LogP contribution in [0.15, 0.2) is 54.7 Å². The molecule has 4 rings (SSSR count). The molecule has 28 heavy (non-hydrogen) atoms. The maximum Gasteiger partial charge on any atom is 0.256 e. The van der Waals surface area contributed by atoms with Gasteiger partial charge in [0, 0.05) is 47.6 Å². The molecule has 0 fully saturated rings. The van der Waals surface area contributed by atoms with Crippen LogP contribution >= 0.6 is 0 Å². The van der Waals surface area contributed by atoms with Crippen molar-refractivity contribution in [3.63, 3.8) is 0 Å². The summed E-state index contributed by atoms with van der Waals surface area (Å²) in [5, 5.41) is 15.9. The zero-order valence-electron chi connectivity index (χ0n) is 15.7. The maximum absolute atomic E-state index is 12.9. The summed E-state index contributed by atoms with van der Waals surface area (Å²) in [5.74, 6) is 0.343. The number of amides is 1. The average molecular weight is 376 g/mol. The lowest BCUT2D eigenvalue weighted by molar-refractivity contribution is 0.102. The average Bonchev–Trinajstić information content (AvgIpc) is 3.32. The number of ether oxygens (including phenoxy) is 1. The van der Waals surface area contributed by atoms with E-state index in [-0.39, 0.29) is 5.91 Å². The summed E-state index contributed by atoms with van der Waals surface area (Å²) < 4.78 is 7.23. The van der Waals surface area contributed by atoms with E-state index in [0.717, 1.165) is 23.0 Å². The fourth-order valence-corrected chi connectivity index (χ4v) is 3.14. The van der Waals surface area contributed by atoms with Crippen LogP contribution in [0.4, 0.5) is 5.69 Å². The number of rotatable bonds is 6. The number of carbonyl (C=O) groups is 1. The third kappa shape index (κ3) is 3.49. The van der Waals surface area contributed by atoms with E-state index in [2.05, 4.69) is 25.3 Å². The Bertz CT molecular complexity index is 1130. The minimum atomic E-state index is -0.167. The molecule has 2 aromatic carbocycles. The molecule has 2 heterocycles. The fourth-order valence-electron chi connectivity index (χ4n) is 3.14. The van der Waals surface area contributed by atoms with Crippen molar-refractivity contribution in [1.29, 1.82) is 0 Å². The number of aryl methyl sites for hydroxylation is 1. The van der Waals surface area contributed by atoms with Gasteiger partial charge in [0.2, 0.25) is 5.82 Å². The van der Waals surface area contributed by atoms with Gasteiger partial charge in [-0.05, 0) is 35.5 Å². The minimum absolute atomic E-state index is 0.167. The molecule has 0 spiro atoms. The third-order valence-corrected chi connectivity index (χ3v) is 4.48. The van der Waals surface area contributed by atoms with E-state index < -0.39 is 0 Å². The van der Waals surface area contributed by atoms with Crippen LogP contribution in [0, 0.1) is 0 Å². The Morgan fingerprint density at radius 2 is 2.04 bits per heavy atom. The summed E-state index contributed by atoms with van der Waals surface area (Å²) in [7, 11) is 3.39. The van der Waals surface area contributed by atoms with Gasteiger partial charge in [0.1, 0.15) is 0 Å². The molecule has 142 valence electrons. The molecule has 1 N–H and O–H groups in total. The number of hydrogen-bond acceptors (Lipinski definition) is 5. The van der Waals surface area contributed by atoms with E-state index in [9.17, 15) is 4.79 Å². The van der Waals surface area contributed by atoms with Gasteiger partial charge in [0.15, 0.2) is 0 Å². The molecule has 4 aromatic rings. The molecule has 0 saturated carbocycles. The summed E-state index contributed by atoms with van der Waals surface area (Å²) in [6, 6.07) is 15.1. The molecule has 0 saturated heterocycles. The lowest BCUT2D eigenvalue weighted by atomic mass is 10.1. The van der Waals surface area contributed by atoms with Crippen molar-refractivity contribution < 1.29 is 9.53 Å². The van der Waals surface area contributed by atoms with Gasteiger partial charge in [-0.1, -0.05) is 18.2 Å². The number of hydrogen-bond donors (Lipinski definition) is 1. The van der Waals surface area contributed by atoms with Gasteiger partial charge in [-0.2, -0.15) is 4.80 Å². The first-order valence-electron chi connectivity index (χ1n) is 8.88. The number of nitrogens with zero attached hydrogens (tertiary/aromatic N) is 5. The monoisotopic (exact) mass is 376 g/mol. The van der Waals surface area contributed by atoms with E-state index in [1.54, 1.807) is 14.2 Å². The molecule has 0 atom stereocenters. The Balaban J connectivity index is 1.60. The molecule has 2 aromatic heterocycles. The summed E-state index contributed by atoms with van der Waals surface area (Å²) >= 11 is 0. The highest BCUT2D eigenvalue weighted by Gasteiger charge is 2.13. The quantitative estimate of drug-likeness (QED) is 0.559. The Labute approximate surface area is 161 Å². The van der Waals surface area contributed by atoms with Crippen LogP contribution in [0.25, 0.3) is 22.3 Å². The number of benzene rings is 2. The topological polar surface area (TPSA) is 86.9 Å². The van der Waals surface area contributed by atoms with Crippen LogP contribution in [0.1, 0.15) is 10.4 Å². The Morgan fingerprint density at radius 3 is 2.82 bits per heavy atom. The molecule has 0 aliphatic rings. The zero-order valence-corrected chi connectivity index (χ0v) is 15.7. The first-order chi connectivity index (χ1) is 13.7. The van der Waals surface area contributed by atoms with Crippen molar-refractivity contribution in [2.75, 3.05) is 19.0 Å². The lowest BCUT2D eigenvalue weighted by Gasteiger charge is -2.09. The van der Waals surface area contributed by atoms with Crippen molar-refractivity contribution >= 4 is 22.5 Å². The highest BCUT2D eigenvalue weighted by Crippen LogP contribution is 2.23. The van der Waals surface area contributed by atoms with Crippen LogP contribution < -0.4 is 5.32 Å². The largest absolute Gasteiger partial charge is 0.383 e. The standard InChI is InChI=1S/C20H20N6O2/c1-25-23-19(22-24-25)14-5-3-6-15(13-14)21-20(27)17-7-4-8-18-16(17)9-10-26(18)11-12-28-2/h3-10,13H,11-12H2,1-2H3,(H,21,27). The van der Waals surface area contributed by atoms with Gasteiger partial charge in [0.25, 0.3) is 5.91 Å². The van der Waals surface area contributed by atoms with Crippen LogP contribution in [0.3, 0.4) is 0 Å². The molecule has 0 aliphatic carbocycles. The number of methoxy groups -OCH3 is 1. The fraction of sp³-hybridized carbons (Fsp3) is 0.200. The Hall–Kier alpha value is -3.52. The van der Waals surface area contributed by atoms with Crippen LogP contribution in [-0.2, 0) is 18.3 Å². The van der Waals surface area contributed by atoms with E-state index in [4.69, 9.17) is 4.74 Å². The second-order valence-corrected chi connectivity index (χ2v) is 6.38. The van der Waals surface area contributed by atoms with Crippen molar-refractivity contribution in [3.05, 3.63) is 60.3 Å². The van der Waals surface area contributed by atoms with Gasteiger partial charge in [-0.25, -0.2) is 0 Å². The Kier molecular flexibility index (Phi) is 4.86. The van der Waals surface area contributed by atoms with E-state index in [0.29, 0.717) is 23.7 Å². The highest BCUT2D eigenvalue weighted by molar-refractivity contribution is 6.12. The first kappa shape index (κ1) is 17.9. The first-order valence-corrected chi connectivity index (χ1v) is 8.88. The molecule has 0 bridgehead atoms. The number of tetrazole rings is 1. The van der Waals surface area contributed by atoms with Crippen molar-refractivity contribution in [3.8, 4) is 11.4 Å². The van der Waals surface area contributed by atoms with E-state index in [1.165, 1.54) is 4.80 Å². The third-order valence-electron chi connectivity index (χ3n) is 4.48. The number of aromatic nitrogens is 5. The number of fused-ring (bicyclic) bond motifs is 1. The highest BCUT2D eigenvalue weighted by atomic mass is 16.5. The molecular formula is C20H20N6O2. The van der Waals surface area contributed by atoms with Gasteiger partial charge < -0.3 is 14.6 Å². The maximum atomic E-state index is 12.9.